The third-order valence-electron chi connectivity index (χ3n) is 10.1. The molecular weight excluding hydrogens is 766 g/mol. The molecule has 0 amide bonds. The predicted octanol–water partition coefficient (Wildman–Crippen LogP) is 7.63. The standard InChI is InChI=1S/C48H44O8P2/c49-45(55-57(39-23-7-1-8-24-39,40-25-9-2-10-26-40)41-27-11-3-12-28-41)35-37(47(51)52)21-19-20-22-38(48(53)54)36-46(50)56-58(42-29-13-4-14-30-42,43-31-15-5-16-32-43)44-33-17-6-18-34-44/h1-18,23-34,37-38H,19-22,35-36H2/p+2. The van der Waals surface area contributed by atoms with Gasteiger partial charge < -0.3 is 10.2 Å². The first-order valence-electron chi connectivity index (χ1n) is 19.3. The maximum Gasteiger partial charge on any atom is 0.352 e. The van der Waals surface area contributed by atoms with Gasteiger partial charge in [-0.3, -0.25) is 18.6 Å². The number of benzene rings is 6. The second-order valence-corrected chi connectivity index (χ2v) is 19.8. The maximum atomic E-state index is 13.9. The van der Waals surface area contributed by atoms with E-state index in [1.165, 1.54) is 0 Å². The number of carbonyl (C=O) groups excluding carboxylic acids is 2. The monoisotopic (exact) mass is 812 g/mol. The highest BCUT2D eigenvalue weighted by molar-refractivity contribution is 7.92. The van der Waals surface area contributed by atoms with Gasteiger partial charge in [-0.25, -0.2) is 9.59 Å². The molecule has 2 atom stereocenters. The summed E-state index contributed by atoms with van der Waals surface area (Å²) in [6.45, 7) is 0. The number of carboxylic acids is 2. The van der Waals surface area contributed by atoms with Gasteiger partial charge in [0, 0.05) is 0 Å². The lowest BCUT2D eigenvalue weighted by Gasteiger charge is -2.25. The fraction of sp³-hybridized carbons (Fsp3) is 0.167. The Morgan fingerprint density at radius 1 is 0.379 bits per heavy atom. The number of rotatable bonds is 19. The summed E-state index contributed by atoms with van der Waals surface area (Å²) in [6, 6.07) is 57.2. The normalized spacial score (nSPS) is 12.5. The average Bonchev–Trinajstić information content (AvgIpc) is 3.27. The lowest BCUT2D eigenvalue weighted by atomic mass is 9.94. The van der Waals surface area contributed by atoms with Crippen LogP contribution in [-0.2, 0) is 28.2 Å². The summed E-state index contributed by atoms with van der Waals surface area (Å²) in [4.78, 5) is 52.8. The van der Waals surface area contributed by atoms with Crippen molar-refractivity contribution in [2.75, 3.05) is 0 Å². The summed E-state index contributed by atoms with van der Waals surface area (Å²) >= 11 is 0. The van der Waals surface area contributed by atoms with Gasteiger partial charge in [0.15, 0.2) is 0 Å². The van der Waals surface area contributed by atoms with E-state index in [-0.39, 0.29) is 25.7 Å². The molecule has 294 valence electrons. The van der Waals surface area contributed by atoms with Crippen LogP contribution in [0.15, 0.2) is 182 Å². The van der Waals surface area contributed by atoms with Crippen molar-refractivity contribution in [3.8, 4) is 0 Å². The van der Waals surface area contributed by atoms with E-state index in [0.717, 1.165) is 31.8 Å². The summed E-state index contributed by atoms with van der Waals surface area (Å²) < 4.78 is 13.0. The molecule has 0 fully saturated rings. The van der Waals surface area contributed by atoms with Gasteiger partial charge in [-0.1, -0.05) is 122 Å². The molecule has 8 nitrogen and oxygen atoms in total. The molecule has 0 radical (unpaired) electrons. The van der Waals surface area contributed by atoms with Gasteiger partial charge in [0.2, 0.25) is 0 Å². The molecule has 0 aliphatic rings. The number of hydrogen-bond donors (Lipinski definition) is 2. The SMILES string of the molecule is O=C(CC(CCCCC(CC(=O)O[P+](c1ccccc1)(c1ccccc1)c1ccccc1)C(=O)O)C(=O)O)O[P+](c1ccccc1)(c1ccccc1)c1ccccc1. The van der Waals surface area contributed by atoms with Crippen LogP contribution in [0.25, 0.3) is 0 Å². The zero-order valence-electron chi connectivity index (χ0n) is 32.0. The second-order valence-electron chi connectivity index (χ2n) is 13.9. The quantitative estimate of drug-likeness (QED) is 0.0632. The number of aliphatic carboxylic acids is 2. The van der Waals surface area contributed by atoms with E-state index >= 15 is 0 Å². The van der Waals surface area contributed by atoms with Crippen molar-refractivity contribution in [2.24, 2.45) is 11.8 Å². The van der Waals surface area contributed by atoms with Gasteiger partial charge in [-0.2, -0.15) is 0 Å². The zero-order chi connectivity index (χ0) is 40.8. The first-order valence-corrected chi connectivity index (χ1v) is 22.7. The lowest BCUT2D eigenvalue weighted by molar-refractivity contribution is -0.147. The van der Waals surface area contributed by atoms with E-state index < -0.39 is 50.7 Å². The molecule has 0 saturated carbocycles. The third kappa shape index (κ3) is 9.77. The summed E-state index contributed by atoms with van der Waals surface area (Å²) in [5.41, 5.74) is 0. The molecule has 0 bridgehead atoms. The Morgan fingerprint density at radius 2 is 0.586 bits per heavy atom. The third-order valence-corrected chi connectivity index (χ3v) is 17.2. The summed E-state index contributed by atoms with van der Waals surface area (Å²) in [5, 5.41) is 25.4. The topological polar surface area (TPSA) is 127 Å². The first kappa shape index (κ1) is 41.7. The molecule has 58 heavy (non-hydrogen) atoms. The van der Waals surface area contributed by atoms with Crippen LogP contribution in [0.5, 0.6) is 0 Å². The van der Waals surface area contributed by atoms with Crippen LogP contribution in [0.3, 0.4) is 0 Å². The Kier molecular flexibility index (Phi) is 14.3. The molecule has 0 aliphatic carbocycles. The molecule has 2 unspecified atom stereocenters. The van der Waals surface area contributed by atoms with E-state index in [1.54, 1.807) is 0 Å². The molecule has 0 spiro atoms. The molecule has 6 aromatic rings. The van der Waals surface area contributed by atoms with Crippen molar-refractivity contribution in [3.63, 3.8) is 0 Å². The Bertz CT molecular complexity index is 1890. The van der Waals surface area contributed by atoms with Crippen molar-refractivity contribution in [2.45, 2.75) is 38.5 Å². The highest BCUT2D eigenvalue weighted by atomic mass is 31.2. The predicted molar refractivity (Wildman–Crippen MR) is 232 cm³/mol. The van der Waals surface area contributed by atoms with Crippen molar-refractivity contribution < 1.29 is 38.4 Å². The van der Waals surface area contributed by atoms with E-state index in [9.17, 15) is 29.4 Å². The van der Waals surface area contributed by atoms with Crippen molar-refractivity contribution >= 4 is 70.7 Å². The molecule has 6 aromatic carbocycles. The second kappa shape index (κ2) is 20.0. The Morgan fingerprint density at radius 3 is 0.776 bits per heavy atom. The Hall–Kier alpha value is -5.94. The average molecular weight is 813 g/mol. The number of carbonyl (C=O) groups is 4. The van der Waals surface area contributed by atoms with Gasteiger partial charge in [0.25, 0.3) is 15.0 Å². The molecule has 0 aliphatic heterocycles. The largest absolute Gasteiger partial charge is 0.481 e. The number of carboxylic acid groups (broad SMARTS) is 2. The van der Waals surface area contributed by atoms with E-state index in [0.29, 0.717) is 12.8 Å². The minimum Gasteiger partial charge on any atom is -0.481 e. The van der Waals surface area contributed by atoms with Crippen LogP contribution in [0, 0.1) is 11.8 Å². The van der Waals surface area contributed by atoms with E-state index in [2.05, 4.69) is 0 Å². The van der Waals surface area contributed by atoms with Crippen LogP contribution in [0.4, 0.5) is 0 Å². The summed E-state index contributed by atoms with van der Waals surface area (Å²) in [7, 11) is -5.98. The number of unbranched alkanes of at least 4 members (excludes halogenated alkanes) is 1. The van der Waals surface area contributed by atoms with Crippen LogP contribution in [0.1, 0.15) is 38.5 Å². The Balaban J connectivity index is 1.14. The highest BCUT2D eigenvalue weighted by Gasteiger charge is 2.52. The minimum absolute atomic E-state index is 0.124. The van der Waals surface area contributed by atoms with Gasteiger partial charge in [0.05, 0.1) is 24.7 Å². The van der Waals surface area contributed by atoms with Crippen molar-refractivity contribution in [1.29, 1.82) is 0 Å². The fourth-order valence-corrected chi connectivity index (χ4v) is 14.0. The summed E-state index contributed by atoms with van der Waals surface area (Å²) in [5.74, 6) is -5.66. The van der Waals surface area contributed by atoms with Gasteiger partial charge in [-0.05, 0) is 85.6 Å². The molecule has 0 heterocycles. The van der Waals surface area contributed by atoms with Crippen molar-refractivity contribution in [3.05, 3.63) is 182 Å². The smallest absolute Gasteiger partial charge is 0.352 e. The molecule has 10 heteroatoms. The van der Waals surface area contributed by atoms with Crippen LogP contribution in [-0.4, -0.2) is 34.1 Å². The van der Waals surface area contributed by atoms with Crippen LogP contribution < -0.4 is 31.8 Å². The molecule has 0 aromatic heterocycles. The van der Waals surface area contributed by atoms with Crippen LogP contribution in [0.2, 0.25) is 0 Å². The van der Waals surface area contributed by atoms with Gasteiger partial charge >= 0.3 is 23.9 Å². The van der Waals surface area contributed by atoms with Crippen molar-refractivity contribution in [1.82, 2.24) is 0 Å². The minimum atomic E-state index is -2.99. The van der Waals surface area contributed by atoms with E-state index in [1.807, 2.05) is 182 Å². The first-order chi connectivity index (χ1) is 28.2. The maximum absolute atomic E-state index is 13.9. The van der Waals surface area contributed by atoms with Gasteiger partial charge in [-0.15, -0.1) is 0 Å². The Labute approximate surface area is 340 Å². The van der Waals surface area contributed by atoms with E-state index in [4.69, 9.17) is 9.05 Å². The van der Waals surface area contributed by atoms with Crippen LogP contribution >= 0.6 is 15.0 Å². The molecule has 0 saturated heterocycles. The highest BCUT2D eigenvalue weighted by Crippen LogP contribution is 2.58. The van der Waals surface area contributed by atoms with Gasteiger partial charge in [0.1, 0.15) is 31.8 Å². The fourth-order valence-electron chi connectivity index (χ4n) is 7.23. The zero-order valence-corrected chi connectivity index (χ0v) is 33.7. The summed E-state index contributed by atoms with van der Waals surface area (Å²) in [6.07, 6.45) is 0.187. The number of hydrogen-bond acceptors (Lipinski definition) is 6. The molecule has 2 N–H and O–H groups in total. The molecule has 6 rings (SSSR count). The molecular formula is C48H46O8P2+2. The lowest BCUT2D eigenvalue weighted by Crippen LogP contribution is -2.35.